The van der Waals surface area contributed by atoms with Gasteiger partial charge in [0.15, 0.2) is 5.82 Å². The molecule has 0 aliphatic heterocycles. The highest BCUT2D eigenvalue weighted by Gasteiger charge is 2.38. The van der Waals surface area contributed by atoms with E-state index in [0.29, 0.717) is 18.9 Å². The Hall–Kier alpha value is -1.21. The molecule has 0 unspecified atom stereocenters. The van der Waals surface area contributed by atoms with Crippen molar-refractivity contribution < 1.29 is 18.7 Å². The molecular formula is C12H13BrF2N2O2. The van der Waals surface area contributed by atoms with Gasteiger partial charge in [0.2, 0.25) is 0 Å². The first-order valence-electron chi connectivity index (χ1n) is 5.86. The number of hydrogen-bond acceptors (Lipinski definition) is 3. The van der Waals surface area contributed by atoms with E-state index < -0.39 is 23.1 Å². The van der Waals surface area contributed by atoms with Crippen LogP contribution < -0.4 is 10.9 Å². The van der Waals surface area contributed by atoms with E-state index in [4.69, 9.17) is 0 Å². The Bertz CT molecular complexity index is 481. The quantitative estimate of drug-likeness (QED) is 0.744. The fourth-order valence-electron chi connectivity index (χ4n) is 2.08. The molecule has 0 aromatic heterocycles. The smallest absolute Gasteiger partial charge is 0.270 e. The molecular weight excluding hydrogens is 322 g/mol. The summed E-state index contributed by atoms with van der Waals surface area (Å²) in [7, 11) is 0. The van der Waals surface area contributed by atoms with Crippen molar-refractivity contribution in [2.45, 2.75) is 31.3 Å². The Labute approximate surface area is 117 Å². The second-order valence-electron chi connectivity index (χ2n) is 4.56. The molecule has 1 fully saturated rings. The van der Waals surface area contributed by atoms with Crippen LogP contribution in [0.3, 0.4) is 0 Å². The van der Waals surface area contributed by atoms with Crippen LogP contribution in [0.25, 0.3) is 0 Å². The van der Waals surface area contributed by atoms with Gasteiger partial charge in [0.05, 0.1) is 0 Å². The lowest BCUT2D eigenvalue weighted by atomic mass is 10.0. The first-order chi connectivity index (χ1) is 8.92. The lowest BCUT2D eigenvalue weighted by molar-refractivity contribution is -0.138. The summed E-state index contributed by atoms with van der Waals surface area (Å²) in [5.41, 5.74) is 3.12. The summed E-state index contributed by atoms with van der Waals surface area (Å²) in [6.45, 7) is 0. The molecule has 104 valence electrons. The highest BCUT2D eigenvalue weighted by Crippen LogP contribution is 2.30. The van der Waals surface area contributed by atoms with Crippen molar-refractivity contribution in [2.75, 3.05) is 5.43 Å². The molecule has 0 spiro atoms. The van der Waals surface area contributed by atoms with E-state index in [1.54, 1.807) is 0 Å². The van der Waals surface area contributed by atoms with Crippen LogP contribution in [-0.2, 0) is 4.79 Å². The number of nitrogens with one attached hydrogen (secondary N) is 2. The highest BCUT2D eigenvalue weighted by atomic mass is 79.9. The van der Waals surface area contributed by atoms with Crippen LogP contribution >= 0.6 is 15.9 Å². The Kier molecular flexibility index (Phi) is 4.05. The van der Waals surface area contributed by atoms with Crippen LogP contribution in [0, 0.1) is 11.6 Å². The highest BCUT2D eigenvalue weighted by molar-refractivity contribution is 9.10. The van der Waals surface area contributed by atoms with Crippen molar-refractivity contribution in [2.24, 2.45) is 0 Å². The first-order valence-corrected chi connectivity index (χ1v) is 6.65. The Balaban J connectivity index is 2.05. The Morgan fingerprint density at radius 3 is 2.53 bits per heavy atom. The van der Waals surface area contributed by atoms with Gasteiger partial charge in [-0.1, -0.05) is 0 Å². The Morgan fingerprint density at radius 2 is 1.95 bits per heavy atom. The number of aliphatic hydroxyl groups is 1. The monoisotopic (exact) mass is 334 g/mol. The van der Waals surface area contributed by atoms with E-state index in [0.717, 1.165) is 18.9 Å². The van der Waals surface area contributed by atoms with Gasteiger partial charge in [-0.2, -0.15) is 0 Å². The number of rotatable bonds is 3. The zero-order valence-electron chi connectivity index (χ0n) is 9.97. The molecule has 1 amide bonds. The zero-order chi connectivity index (χ0) is 14.0. The number of anilines is 1. The van der Waals surface area contributed by atoms with Crippen molar-refractivity contribution in [1.82, 2.24) is 5.43 Å². The van der Waals surface area contributed by atoms with Crippen LogP contribution in [0.1, 0.15) is 25.7 Å². The van der Waals surface area contributed by atoms with Crippen molar-refractivity contribution in [3.8, 4) is 0 Å². The van der Waals surface area contributed by atoms with E-state index in [1.807, 2.05) is 0 Å². The number of halogens is 3. The predicted molar refractivity (Wildman–Crippen MR) is 69.2 cm³/mol. The van der Waals surface area contributed by atoms with Gasteiger partial charge in [0.25, 0.3) is 5.91 Å². The molecule has 1 saturated carbocycles. The third-order valence-corrected chi connectivity index (χ3v) is 3.79. The minimum Gasteiger partial charge on any atom is -0.380 e. The van der Waals surface area contributed by atoms with E-state index in [1.165, 1.54) is 0 Å². The number of carbonyl (C=O) groups is 1. The van der Waals surface area contributed by atoms with Crippen LogP contribution in [0.2, 0.25) is 0 Å². The molecule has 0 radical (unpaired) electrons. The minimum absolute atomic E-state index is 0.0867. The summed E-state index contributed by atoms with van der Waals surface area (Å²) in [5, 5.41) is 10.0. The molecule has 1 aliphatic carbocycles. The largest absolute Gasteiger partial charge is 0.380 e. The standard InChI is InChI=1S/C12H13BrF2N2O2/c13-8-5-7(14)6-9(15)10(8)16-17-11(18)12(19)3-1-2-4-12/h5-6,16,19H,1-4H2,(H,17,18). The molecule has 1 aromatic carbocycles. The zero-order valence-corrected chi connectivity index (χ0v) is 11.6. The van der Waals surface area contributed by atoms with Gasteiger partial charge in [-0.15, -0.1) is 0 Å². The molecule has 19 heavy (non-hydrogen) atoms. The van der Waals surface area contributed by atoms with E-state index in [9.17, 15) is 18.7 Å². The summed E-state index contributed by atoms with van der Waals surface area (Å²) >= 11 is 2.99. The van der Waals surface area contributed by atoms with E-state index >= 15 is 0 Å². The van der Waals surface area contributed by atoms with Gasteiger partial charge < -0.3 is 5.11 Å². The second kappa shape index (κ2) is 5.42. The lowest BCUT2D eigenvalue weighted by Crippen LogP contribution is -2.47. The van der Waals surface area contributed by atoms with Crippen molar-refractivity contribution in [1.29, 1.82) is 0 Å². The summed E-state index contributed by atoms with van der Waals surface area (Å²) < 4.78 is 26.5. The number of benzene rings is 1. The molecule has 1 aliphatic rings. The number of hydrogen-bond donors (Lipinski definition) is 3. The maximum atomic E-state index is 13.5. The maximum absolute atomic E-state index is 13.5. The van der Waals surface area contributed by atoms with Crippen LogP contribution in [0.4, 0.5) is 14.5 Å². The molecule has 7 heteroatoms. The van der Waals surface area contributed by atoms with Gasteiger partial charge in [0.1, 0.15) is 17.1 Å². The van der Waals surface area contributed by atoms with Gasteiger partial charge in [-0.3, -0.25) is 15.6 Å². The summed E-state index contributed by atoms with van der Waals surface area (Å²) in [4.78, 5) is 11.8. The Morgan fingerprint density at radius 1 is 1.32 bits per heavy atom. The minimum atomic E-state index is -1.41. The number of carbonyl (C=O) groups excluding carboxylic acids is 1. The molecule has 0 bridgehead atoms. The average molecular weight is 335 g/mol. The fourth-order valence-corrected chi connectivity index (χ4v) is 2.59. The molecule has 1 aromatic rings. The van der Waals surface area contributed by atoms with E-state index in [2.05, 4.69) is 26.8 Å². The summed E-state index contributed by atoms with van der Waals surface area (Å²) in [6, 6.07) is 1.77. The molecule has 0 saturated heterocycles. The molecule has 0 atom stereocenters. The molecule has 0 heterocycles. The topological polar surface area (TPSA) is 61.4 Å². The number of hydrazine groups is 1. The molecule has 4 nitrogen and oxygen atoms in total. The van der Waals surface area contributed by atoms with Crippen LogP contribution in [0.5, 0.6) is 0 Å². The van der Waals surface area contributed by atoms with Crippen molar-refractivity contribution in [3.05, 3.63) is 28.2 Å². The second-order valence-corrected chi connectivity index (χ2v) is 5.42. The third kappa shape index (κ3) is 3.03. The molecule has 2 rings (SSSR count). The van der Waals surface area contributed by atoms with Crippen molar-refractivity contribution >= 4 is 27.5 Å². The summed E-state index contributed by atoms with van der Waals surface area (Å²) in [5.74, 6) is -2.18. The maximum Gasteiger partial charge on any atom is 0.270 e. The lowest BCUT2D eigenvalue weighted by Gasteiger charge is -2.21. The molecule has 3 N–H and O–H groups in total. The number of amides is 1. The van der Waals surface area contributed by atoms with Gasteiger partial charge in [-0.05, 0) is 47.7 Å². The van der Waals surface area contributed by atoms with Gasteiger partial charge in [-0.25, -0.2) is 8.78 Å². The average Bonchev–Trinajstić information content (AvgIpc) is 2.75. The van der Waals surface area contributed by atoms with Crippen molar-refractivity contribution in [3.63, 3.8) is 0 Å². The SMILES string of the molecule is O=C(NNc1c(F)cc(F)cc1Br)C1(O)CCCC1. The summed E-state index contributed by atoms with van der Waals surface area (Å²) in [6.07, 6.45) is 2.32. The van der Waals surface area contributed by atoms with Crippen LogP contribution in [0.15, 0.2) is 16.6 Å². The van der Waals surface area contributed by atoms with E-state index in [-0.39, 0.29) is 10.2 Å². The van der Waals surface area contributed by atoms with Crippen LogP contribution in [-0.4, -0.2) is 16.6 Å². The van der Waals surface area contributed by atoms with Gasteiger partial charge in [0, 0.05) is 10.5 Å². The van der Waals surface area contributed by atoms with Gasteiger partial charge >= 0.3 is 0 Å². The fraction of sp³-hybridized carbons (Fsp3) is 0.417. The first kappa shape index (κ1) is 14.2. The predicted octanol–water partition coefficient (Wildman–Crippen LogP) is 2.48. The normalized spacial score (nSPS) is 17.3. The third-order valence-electron chi connectivity index (χ3n) is 3.16.